The molecule has 0 N–H and O–H groups in total. The van der Waals surface area contributed by atoms with Crippen molar-refractivity contribution in [3.63, 3.8) is 0 Å². The maximum absolute atomic E-state index is 11.9. The van der Waals surface area contributed by atoms with Crippen molar-refractivity contribution in [1.82, 2.24) is 0 Å². The largest absolute Gasteiger partial charge is 0.466 e. The molecule has 0 rings (SSSR count). The van der Waals surface area contributed by atoms with Crippen molar-refractivity contribution in [1.29, 1.82) is 0 Å². The van der Waals surface area contributed by atoms with Crippen LogP contribution >= 0.6 is 0 Å². The normalized spacial score (nSPS) is 11.6. The van der Waals surface area contributed by atoms with Crippen LogP contribution in [0.25, 0.3) is 0 Å². The van der Waals surface area contributed by atoms with E-state index in [-0.39, 0.29) is 5.97 Å². The third kappa shape index (κ3) is 37.2. The lowest BCUT2D eigenvalue weighted by molar-refractivity contribution is -0.143. The summed E-state index contributed by atoms with van der Waals surface area (Å²) in [7, 11) is 0. The van der Waals surface area contributed by atoms with E-state index in [1.807, 2.05) is 0 Å². The van der Waals surface area contributed by atoms with Crippen LogP contribution in [0.15, 0.2) is 12.2 Å². The summed E-state index contributed by atoms with van der Waals surface area (Å²) in [4.78, 5) is 11.9. The first-order valence-corrected chi connectivity index (χ1v) is 19.1. The summed E-state index contributed by atoms with van der Waals surface area (Å²) in [6.45, 7) is 5.17. The van der Waals surface area contributed by atoms with Crippen molar-refractivity contribution < 1.29 is 9.53 Å². The molecule has 0 unspecified atom stereocenters. The summed E-state index contributed by atoms with van der Waals surface area (Å²) < 4.78 is 5.43. The van der Waals surface area contributed by atoms with Crippen molar-refractivity contribution in [2.24, 2.45) is 0 Å². The van der Waals surface area contributed by atoms with Crippen molar-refractivity contribution in [3.05, 3.63) is 12.2 Å². The number of carbonyl (C=O) groups excluding carboxylic acids is 1. The van der Waals surface area contributed by atoms with Crippen molar-refractivity contribution in [3.8, 4) is 0 Å². The monoisotopic (exact) mass is 577 g/mol. The number of ether oxygens (including phenoxy) is 1. The molecule has 41 heavy (non-hydrogen) atoms. The van der Waals surface area contributed by atoms with Crippen molar-refractivity contribution in [2.75, 3.05) is 6.61 Å². The first-order valence-electron chi connectivity index (χ1n) is 19.1. The van der Waals surface area contributed by atoms with E-state index in [0.29, 0.717) is 13.0 Å². The molecule has 0 aliphatic heterocycles. The molecule has 0 radical (unpaired) electrons. The highest BCUT2D eigenvalue weighted by atomic mass is 16.5. The minimum absolute atomic E-state index is 0.0164. The summed E-state index contributed by atoms with van der Waals surface area (Å²) in [5.74, 6) is 0.0164. The quantitative estimate of drug-likeness (QED) is 0.0426. The van der Waals surface area contributed by atoms with Gasteiger partial charge in [-0.2, -0.15) is 0 Å². The molecule has 0 bridgehead atoms. The lowest BCUT2D eigenvalue weighted by Crippen LogP contribution is -2.05. The van der Waals surface area contributed by atoms with Crippen molar-refractivity contribution in [2.45, 2.75) is 226 Å². The van der Waals surface area contributed by atoms with E-state index >= 15 is 0 Å². The average Bonchev–Trinajstić information content (AvgIpc) is 2.98. The molecule has 0 spiro atoms. The summed E-state index contributed by atoms with van der Waals surface area (Å²) in [6.07, 6.45) is 48.7. The highest BCUT2D eigenvalue weighted by Crippen LogP contribution is 2.16. The summed E-state index contributed by atoms with van der Waals surface area (Å²) in [5, 5.41) is 0. The third-order valence-electron chi connectivity index (χ3n) is 8.65. The SMILES string of the molecule is CCCC/C=C\CCCCCCCC(=O)OCCCCCCCCCCCCCCCCCCCCCCCCC. The molecule has 244 valence electrons. The molecule has 2 heteroatoms. The molecular weight excluding hydrogens is 500 g/mol. The number of hydrogen-bond acceptors (Lipinski definition) is 2. The average molecular weight is 577 g/mol. The van der Waals surface area contributed by atoms with Crippen LogP contribution in [0.3, 0.4) is 0 Å². The lowest BCUT2D eigenvalue weighted by atomic mass is 10.0. The first-order chi connectivity index (χ1) is 20.3. The summed E-state index contributed by atoms with van der Waals surface area (Å²) in [5.41, 5.74) is 0. The van der Waals surface area contributed by atoms with Gasteiger partial charge in [-0.3, -0.25) is 4.79 Å². The van der Waals surface area contributed by atoms with Gasteiger partial charge in [0.05, 0.1) is 6.61 Å². The van der Waals surface area contributed by atoms with Gasteiger partial charge in [0.25, 0.3) is 0 Å². The van der Waals surface area contributed by atoms with Gasteiger partial charge in [0.15, 0.2) is 0 Å². The van der Waals surface area contributed by atoms with Crippen LogP contribution in [0.1, 0.15) is 226 Å². The fourth-order valence-corrected chi connectivity index (χ4v) is 5.77. The Morgan fingerprint density at radius 1 is 0.390 bits per heavy atom. The fourth-order valence-electron chi connectivity index (χ4n) is 5.77. The Morgan fingerprint density at radius 2 is 0.707 bits per heavy atom. The van der Waals surface area contributed by atoms with Crippen LogP contribution in [0.2, 0.25) is 0 Å². The molecule has 0 aliphatic rings. The zero-order valence-electron chi connectivity index (χ0n) is 28.5. The smallest absolute Gasteiger partial charge is 0.305 e. The fraction of sp³-hybridized carbons (Fsp3) is 0.923. The molecule has 0 fully saturated rings. The van der Waals surface area contributed by atoms with E-state index in [0.717, 1.165) is 19.3 Å². The Hall–Kier alpha value is -0.790. The van der Waals surface area contributed by atoms with Gasteiger partial charge in [-0.05, 0) is 32.1 Å². The van der Waals surface area contributed by atoms with Crippen LogP contribution in [-0.2, 0) is 9.53 Å². The van der Waals surface area contributed by atoms with E-state index in [4.69, 9.17) is 4.74 Å². The number of unbranched alkanes of at least 4 members (excludes halogenated alkanes) is 29. The number of esters is 1. The highest BCUT2D eigenvalue weighted by molar-refractivity contribution is 5.69. The maximum atomic E-state index is 11.9. The number of hydrogen-bond donors (Lipinski definition) is 0. The number of carbonyl (C=O) groups is 1. The molecule has 0 saturated carbocycles. The van der Waals surface area contributed by atoms with Gasteiger partial charge in [-0.15, -0.1) is 0 Å². The Balaban J connectivity index is 3.14. The molecular formula is C39H76O2. The minimum atomic E-state index is 0.0164. The van der Waals surface area contributed by atoms with E-state index in [2.05, 4.69) is 26.0 Å². The van der Waals surface area contributed by atoms with Crippen LogP contribution in [0, 0.1) is 0 Å². The molecule has 0 aromatic rings. The molecule has 0 saturated heterocycles. The standard InChI is InChI=1S/C39H76O2/c1-3-5-7-9-11-13-15-16-17-18-19-20-21-22-23-24-25-26-28-30-32-34-36-38-41-39(40)37-35-33-31-29-27-14-12-10-8-6-4-2/h10,12H,3-9,11,13-38H2,1-2H3/b12-10-. The highest BCUT2D eigenvalue weighted by Gasteiger charge is 2.02. The third-order valence-corrected chi connectivity index (χ3v) is 8.65. The second-order valence-electron chi connectivity index (χ2n) is 12.9. The van der Waals surface area contributed by atoms with Gasteiger partial charge in [-0.25, -0.2) is 0 Å². The molecule has 0 aliphatic carbocycles. The van der Waals surface area contributed by atoms with Crippen LogP contribution in [0.4, 0.5) is 0 Å². The van der Waals surface area contributed by atoms with Gasteiger partial charge in [0.1, 0.15) is 0 Å². The molecule has 2 nitrogen and oxygen atoms in total. The van der Waals surface area contributed by atoms with Gasteiger partial charge >= 0.3 is 5.97 Å². The molecule has 0 heterocycles. The Morgan fingerprint density at radius 3 is 1.12 bits per heavy atom. The Labute approximate surface area is 259 Å². The van der Waals surface area contributed by atoms with Crippen LogP contribution < -0.4 is 0 Å². The van der Waals surface area contributed by atoms with E-state index in [1.54, 1.807) is 0 Å². The van der Waals surface area contributed by atoms with E-state index < -0.39 is 0 Å². The summed E-state index contributed by atoms with van der Waals surface area (Å²) >= 11 is 0. The summed E-state index contributed by atoms with van der Waals surface area (Å²) in [6, 6.07) is 0. The van der Waals surface area contributed by atoms with Crippen LogP contribution in [-0.4, -0.2) is 12.6 Å². The lowest BCUT2D eigenvalue weighted by Gasteiger charge is -2.06. The minimum Gasteiger partial charge on any atom is -0.466 e. The number of allylic oxidation sites excluding steroid dienone is 2. The Kier molecular flexibility index (Phi) is 36.5. The predicted octanol–water partition coefficient (Wildman–Crippen LogP) is 14.0. The van der Waals surface area contributed by atoms with Gasteiger partial charge < -0.3 is 4.74 Å². The zero-order chi connectivity index (χ0) is 29.7. The predicted molar refractivity (Wildman–Crippen MR) is 184 cm³/mol. The second-order valence-corrected chi connectivity index (χ2v) is 12.9. The maximum Gasteiger partial charge on any atom is 0.305 e. The van der Waals surface area contributed by atoms with Crippen molar-refractivity contribution >= 4 is 5.97 Å². The molecule has 0 amide bonds. The molecule has 0 aromatic heterocycles. The molecule has 0 atom stereocenters. The second kappa shape index (κ2) is 37.2. The van der Waals surface area contributed by atoms with Gasteiger partial charge in [-0.1, -0.05) is 199 Å². The van der Waals surface area contributed by atoms with Gasteiger partial charge in [0, 0.05) is 6.42 Å². The molecule has 0 aromatic carbocycles. The van der Waals surface area contributed by atoms with E-state index in [1.165, 1.54) is 186 Å². The Bertz CT molecular complexity index is 512. The van der Waals surface area contributed by atoms with Gasteiger partial charge in [0.2, 0.25) is 0 Å². The topological polar surface area (TPSA) is 26.3 Å². The number of rotatable bonds is 35. The first kappa shape index (κ1) is 40.2. The zero-order valence-corrected chi connectivity index (χ0v) is 28.5. The van der Waals surface area contributed by atoms with Crippen LogP contribution in [0.5, 0.6) is 0 Å². The van der Waals surface area contributed by atoms with E-state index in [9.17, 15) is 4.79 Å².